The molecule has 0 bridgehead atoms. The number of nitrogens with one attached hydrogen (secondary N) is 1. The highest BCUT2D eigenvalue weighted by Crippen LogP contribution is 2.23. The standard InChI is InChI=1S/C27H38N4/c1-3-10-26-28-19-23(29-26)15-7-8-17-31-20-24(30-27(31)11-4-2)18-22-14-9-13-21-12-5-6-16-25(21)22/h5-6,9,12-14,16,23-24H,3-4,7-8,10-11,15,17-20H2,1-2H3,(H,28,29)/t23-,24-/m0/s1. The first-order chi connectivity index (χ1) is 15.3. The maximum absolute atomic E-state index is 5.16. The van der Waals surface area contributed by atoms with Crippen molar-refractivity contribution in [3.8, 4) is 0 Å². The lowest BCUT2D eigenvalue weighted by Crippen LogP contribution is -2.32. The van der Waals surface area contributed by atoms with Crippen LogP contribution < -0.4 is 5.32 Å². The number of hydrogen-bond donors (Lipinski definition) is 1. The molecule has 2 heterocycles. The van der Waals surface area contributed by atoms with Gasteiger partial charge in [-0.2, -0.15) is 0 Å². The van der Waals surface area contributed by atoms with Crippen molar-refractivity contribution in [2.75, 3.05) is 19.6 Å². The number of unbranched alkanes of at least 4 members (excludes halogenated alkanes) is 1. The number of amidine groups is 2. The molecule has 166 valence electrons. The van der Waals surface area contributed by atoms with Gasteiger partial charge in [0.15, 0.2) is 0 Å². The minimum absolute atomic E-state index is 0.383. The summed E-state index contributed by atoms with van der Waals surface area (Å²) in [4.78, 5) is 12.4. The van der Waals surface area contributed by atoms with E-state index in [2.05, 4.69) is 71.5 Å². The Balaban J connectivity index is 1.28. The minimum atomic E-state index is 0.383. The summed E-state index contributed by atoms with van der Waals surface area (Å²) in [5.41, 5.74) is 1.43. The molecular weight excluding hydrogens is 380 g/mol. The summed E-state index contributed by atoms with van der Waals surface area (Å²) in [6.45, 7) is 7.66. The van der Waals surface area contributed by atoms with Crippen molar-refractivity contribution in [1.82, 2.24) is 10.2 Å². The maximum Gasteiger partial charge on any atom is 0.0993 e. The molecule has 0 unspecified atom stereocenters. The summed E-state index contributed by atoms with van der Waals surface area (Å²) in [5, 5.41) is 6.32. The van der Waals surface area contributed by atoms with Crippen molar-refractivity contribution in [3.05, 3.63) is 48.0 Å². The number of hydrogen-bond acceptors (Lipinski definition) is 4. The molecule has 2 aliphatic heterocycles. The summed E-state index contributed by atoms with van der Waals surface area (Å²) < 4.78 is 0. The Labute approximate surface area is 187 Å². The molecule has 1 N–H and O–H groups in total. The van der Waals surface area contributed by atoms with E-state index in [1.165, 1.54) is 60.1 Å². The molecule has 2 aromatic rings. The van der Waals surface area contributed by atoms with Crippen molar-refractivity contribution in [3.63, 3.8) is 0 Å². The molecule has 0 aromatic heterocycles. The molecule has 0 saturated carbocycles. The first kappa shape index (κ1) is 21.9. The average molecular weight is 419 g/mol. The smallest absolute Gasteiger partial charge is 0.0993 e. The zero-order valence-electron chi connectivity index (χ0n) is 19.3. The second-order valence-corrected chi connectivity index (χ2v) is 9.11. The topological polar surface area (TPSA) is 40.0 Å². The van der Waals surface area contributed by atoms with Crippen LogP contribution in [0.4, 0.5) is 0 Å². The van der Waals surface area contributed by atoms with Crippen LogP contribution in [0.15, 0.2) is 52.4 Å². The van der Waals surface area contributed by atoms with E-state index in [-0.39, 0.29) is 0 Å². The summed E-state index contributed by atoms with van der Waals surface area (Å²) in [7, 11) is 0. The highest BCUT2D eigenvalue weighted by Gasteiger charge is 2.25. The molecule has 0 aliphatic carbocycles. The fourth-order valence-corrected chi connectivity index (χ4v) is 4.99. The van der Waals surface area contributed by atoms with Gasteiger partial charge in [0.1, 0.15) is 0 Å². The molecule has 4 nitrogen and oxygen atoms in total. The first-order valence-electron chi connectivity index (χ1n) is 12.3. The van der Waals surface area contributed by atoms with E-state index in [0.717, 1.165) is 38.9 Å². The van der Waals surface area contributed by atoms with Crippen LogP contribution in [-0.2, 0) is 6.42 Å². The molecule has 2 atom stereocenters. The fourth-order valence-electron chi connectivity index (χ4n) is 4.99. The molecule has 4 heteroatoms. The number of rotatable bonds is 11. The van der Waals surface area contributed by atoms with Gasteiger partial charge in [-0.25, -0.2) is 0 Å². The Bertz CT molecular complexity index is 911. The average Bonchev–Trinajstić information content (AvgIpc) is 3.39. The van der Waals surface area contributed by atoms with E-state index in [4.69, 9.17) is 4.99 Å². The fraction of sp³-hybridized carbons (Fsp3) is 0.556. The van der Waals surface area contributed by atoms with Crippen LogP contribution in [0.3, 0.4) is 0 Å². The van der Waals surface area contributed by atoms with Gasteiger partial charge in [-0.15, -0.1) is 0 Å². The van der Waals surface area contributed by atoms with E-state index in [0.29, 0.717) is 12.1 Å². The van der Waals surface area contributed by atoms with Gasteiger partial charge in [-0.05, 0) is 54.9 Å². The van der Waals surface area contributed by atoms with Crippen molar-refractivity contribution in [2.45, 2.75) is 77.3 Å². The van der Waals surface area contributed by atoms with Gasteiger partial charge in [0.25, 0.3) is 0 Å². The third-order valence-electron chi connectivity index (χ3n) is 6.53. The van der Waals surface area contributed by atoms with Crippen molar-refractivity contribution in [1.29, 1.82) is 0 Å². The zero-order chi connectivity index (χ0) is 21.5. The van der Waals surface area contributed by atoms with Crippen molar-refractivity contribution < 1.29 is 0 Å². The summed E-state index contributed by atoms with van der Waals surface area (Å²) >= 11 is 0. The first-order valence-corrected chi connectivity index (χ1v) is 12.3. The lowest BCUT2D eigenvalue weighted by molar-refractivity contribution is 0.394. The van der Waals surface area contributed by atoms with Gasteiger partial charge in [0.05, 0.1) is 24.3 Å². The summed E-state index contributed by atoms with van der Waals surface area (Å²) in [5.74, 6) is 2.56. The van der Waals surface area contributed by atoms with E-state index in [1.807, 2.05) is 0 Å². The van der Waals surface area contributed by atoms with Gasteiger partial charge in [0, 0.05) is 32.0 Å². The molecular formula is C27H38N4. The van der Waals surface area contributed by atoms with E-state index < -0.39 is 0 Å². The Morgan fingerprint density at radius 2 is 1.84 bits per heavy atom. The van der Waals surface area contributed by atoms with Gasteiger partial charge in [-0.3, -0.25) is 9.98 Å². The van der Waals surface area contributed by atoms with Crippen LogP contribution in [-0.4, -0.2) is 48.3 Å². The Morgan fingerprint density at radius 3 is 2.71 bits per heavy atom. The van der Waals surface area contributed by atoms with Crippen LogP contribution >= 0.6 is 0 Å². The molecule has 0 spiro atoms. The lowest BCUT2D eigenvalue weighted by atomic mass is 9.99. The zero-order valence-corrected chi connectivity index (χ0v) is 19.3. The lowest BCUT2D eigenvalue weighted by Gasteiger charge is -2.21. The monoisotopic (exact) mass is 418 g/mol. The maximum atomic E-state index is 5.16. The van der Waals surface area contributed by atoms with Gasteiger partial charge in [-0.1, -0.05) is 56.3 Å². The summed E-state index contributed by atoms with van der Waals surface area (Å²) in [6, 6.07) is 16.4. The second-order valence-electron chi connectivity index (χ2n) is 9.11. The molecule has 2 aromatic carbocycles. The number of fused-ring (bicyclic) bond motifs is 1. The highest BCUT2D eigenvalue weighted by atomic mass is 15.2. The van der Waals surface area contributed by atoms with E-state index in [1.54, 1.807) is 0 Å². The number of aliphatic imine (C=N–C) groups is 2. The van der Waals surface area contributed by atoms with Crippen LogP contribution in [0.5, 0.6) is 0 Å². The Morgan fingerprint density at radius 1 is 1.00 bits per heavy atom. The van der Waals surface area contributed by atoms with Crippen LogP contribution in [0.25, 0.3) is 10.8 Å². The third kappa shape index (κ3) is 5.66. The quantitative estimate of drug-likeness (QED) is 0.482. The Hall–Kier alpha value is -2.36. The van der Waals surface area contributed by atoms with E-state index in [9.17, 15) is 0 Å². The van der Waals surface area contributed by atoms with E-state index >= 15 is 0 Å². The number of nitrogens with zero attached hydrogens (tertiary/aromatic N) is 3. The molecule has 0 saturated heterocycles. The van der Waals surface area contributed by atoms with Crippen molar-refractivity contribution >= 4 is 22.4 Å². The van der Waals surface area contributed by atoms with Gasteiger partial charge < -0.3 is 10.2 Å². The van der Waals surface area contributed by atoms with Crippen LogP contribution in [0, 0.1) is 0 Å². The molecule has 4 rings (SSSR count). The Kier molecular flexibility index (Phi) is 7.61. The minimum Gasteiger partial charge on any atom is -0.369 e. The molecule has 0 amide bonds. The number of benzene rings is 2. The SMILES string of the molecule is CCCC1=NC[C@H](CCCCN2C[C@H](Cc3cccc4ccccc34)N=C2CCC)N1. The predicted molar refractivity (Wildman–Crippen MR) is 133 cm³/mol. The third-order valence-corrected chi connectivity index (χ3v) is 6.53. The van der Waals surface area contributed by atoms with Crippen molar-refractivity contribution in [2.24, 2.45) is 9.98 Å². The molecule has 0 radical (unpaired) electrons. The van der Waals surface area contributed by atoms with Gasteiger partial charge >= 0.3 is 0 Å². The normalized spacial score (nSPS) is 20.8. The predicted octanol–water partition coefficient (Wildman–Crippen LogP) is 5.61. The highest BCUT2D eigenvalue weighted by molar-refractivity contribution is 5.86. The van der Waals surface area contributed by atoms with Crippen LogP contribution in [0.2, 0.25) is 0 Å². The largest absolute Gasteiger partial charge is 0.369 e. The second kappa shape index (κ2) is 10.8. The molecule has 2 aliphatic rings. The molecule has 0 fully saturated rings. The van der Waals surface area contributed by atoms with Crippen LogP contribution in [0.1, 0.15) is 64.4 Å². The summed E-state index contributed by atoms with van der Waals surface area (Å²) in [6.07, 6.45) is 9.30. The molecule has 31 heavy (non-hydrogen) atoms. The van der Waals surface area contributed by atoms with Gasteiger partial charge in [0.2, 0.25) is 0 Å².